The molecule has 0 amide bonds. The van der Waals surface area contributed by atoms with Crippen LogP contribution in [0.1, 0.15) is 27.1 Å². The highest BCUT2D eigenvalue weighted by atomic mass is 16.5. The molecule has 2 aromatic carbocycles. The second-order valence-electron chi connectivity index (χ2n) is 4.53. The van der Waals surface area contributed by atoms with Crippen LogP contribution in [0.15, 0.2) is 61.2 Å². The van der Waals surface area contributed by atoms with Gasteiger partial charge in [0, 0.05) is 5.56 Å². The van der Waals surface area contributed by atoms with Gasteiger partial charge >= 0.3 is 5.97 Å². The standard InChI is InChI=1S/C18H16O4/c1-2-3-12-21-16-10-6-15(7-11-16)18(20)22-17-8-4-14(13-19)5-9-17/h2,4-11,13H,1,3,12H2. The Labute approximate surface area is 129 Å². The van der Waals surface area contributed by atoms with Crippen molar-refractivity contribution in [2.75, 3.05) is 6.61 Å². The van der Waals surface area contributed by atoms with Gasteiger partial charge < -0.3 is 9.47 Å². The third kappa shape index (κ3) is 4.31. The SMILES string of the molecule is C=CCCOc1ccc(C(=O)Oc2ccc(C=O)cc2)cc1. The number of benzene rings is 2. The van der Waals surface area contributed by atoms with Gasteiger partial charge in [0.25, 0.3) is 0 Å². The van der Waals surface area contributed by atoms with Crippen molar-refractivity contribution in [3.05, 3.63) is 72.3 Å². The Morgan fingerprint density at radius 1 is 1.00 bits per heavy atom. The van der Waals surface area contributed by atoms with Gasteiger partial charge in [-0.05, 0) is 55.0 Å². The number of esters is 1. The fourth-order valence-corrected chi connectivity index (χ4v) is 1.73. The first-order valence-corrected chi connectivity index (χ1v) is 6.84. The first kappa shape index (κ1) is 15.5. The third-order valence-corrected chi connectivity index (χ3v) is 2.91. The summed E-state index contributed by atoms with van der Waals surface area (Å²) in [5, 5.41) is 0. The van der Waals surface area contributed by atoms with Crippen molar-refractivity contribution in [2.45, 2.75) is 6.42 Å². The molecule has 4 nitrogen and oxygen atoms in total. The molecule has 112 valence electrons. The lowest BCUT2D eigenvalue weighted by molar-refractivity contribution is 0.0734. The van der Waals surface area contributed by atoms with Crippen molar-refractivity contribution < 1.29 is 19.1 Å². The second kappa shape index (κ2) is 7.78. The van der Waals surface area contributed by atoms with Gasteiger partial charge in [0.15, 0.2) is 0 Å². The monoisotopic (exact) mass is 296 g/mol. The van der Waals surface area contributed by atoms with Crippen LogP contribution in [0.4, 0.5) is 0 Å². The summed E-state index contributed by atoms with van der Waals surface area (Å²) in [4.78, 5) is 22.6. The van der Waals surface area contributed by atoms with Gasteiger partial charge in [0.05, 0.1) is 12.2 Å². The molecule has 0 N–H and O–H groups in total. The highest BCUT2D eigenvalue weighted by molar-refractivity contribution is 5.91. The molecule has 0 heterocycles. The van der Waals surface area contributed by atoms with E-state index in [4.69, 9.17) is 9.47 Å². The van der Waals surface area contributed by atoms with Crippen LogP contribution in [0.2, 0.25) is 0 Å². The number of carbonyl (C=O) groups is 2. The van der Waals surface area contributed by atoms with Gasteiger partial charge in [-0.2, -0.15) is 0 Å². The molecule has 0 radical (unpaired) electrons. The minimum Gasteiger partial charge on any atom is -0.493 e. The fraction of sp³-hybridized carbons (Fsp3) is 0.111. The average molecular weight is 296 g/mol. The summed E-state index contributed by atoms with van der Waals surface area (Å²) in [5.74, 6) is 0.618. The van der Waals surface area contributed by atoms with Gasteiger partial charge in [-0.3, -0.25) is 4.79 Å². The van der Waals surface area contributed by atoms with E-state index in [-0.39, 0.29) is 0 Å². The van der Waals surface area contributed by atoms with E-state index in [2.05, 4.69) is 6.58 Å². The van der Waals surface area contributed by atoms with Crippen molar-refractivity contribution in [1.82, 2.24) is 0 Å². The average Bonchev–Trinajstić information content (AvgIpc) is 2.56. The molecule has 0 aromatic heterocycles. The van der Waals surface area contributed by atoms with Crippen LogP contribution in [0, 0.1) is 0 Å². The Kier molecular flexibility index (Phi) is 5.49. The molecule has 0 fully saturated rings. The molecule has 0 aliphatic rings. The Morgan fingerprint density at radius 2 is 1.64 bits per heavy atom. The summed E-state index contributed by atoms with van der Waals surface area (Å²) < 4.78 is 10.7. The van der Waals surface area contributed by atoms with Crippen molar-refractivity contribution in [3.63, 3.8) is 0 Å². The molecule has 0 saturated carbocycles. The number of hydrogen-bond donors (Lipinski definition) is 0. The second-order valence-corrected chi connectivity index (χ2v) is 4.53. The highest BCUT2D eigenvalue weighted by Gasteiger charge is 2.08. The van der Waals surface area contributed by atoms with Crippen LogP contribution in [0.5, 0.6) is 11.5 Å². The maximum Gasteiger partial charge on any atom is 0.343 e. The molecule has 0 bridgehead atoms. The van der Waals surface area contributed by atoms with Crippen LogP contribution in [0.25, 0.3) is 0 Å². The molecule has 0 aliphatic carbocycles. The molecule has 2 rings (SSSR count). The number of ether oxygens (including phenoxy) is 2. The van der Waals surface area contributed by atoms with E-state index >= 15 is 0 Å². The van der Waals surface area contributed by atoms with E-state index < -0.39 is 5.97 Å². The maximum absolute atomic E-state index is 12.0. The lowest BCUT2D eigenvalue weighted by atomic mass is 10.2. The highest BCUT2D eigenvalue weighted by Crippen LogP contribution is 2.16. The molecule has 0 unspecified atom stereocenters. The van der Waals surface area contributed by atoms with Gasteiger partial charge in [-0.25, -0.2) is 4.79 Å². The Morgan fingerprint density at radius 3 is 2.23 bits per heavy atom. The summed E-state index contributed by atoms with van der Waals surface area (Å²) in [6.07, 6.45) is 3.28. The van der Waals surface area contributed by atoms with Crippen LogP contribution >= 0.6 is 0 Å². The molecule has 0 atom stereocenters. The molecule has 4 heteroatoms. The summed E-state index contributed by atoms with van der Waals surface area (Å²) in [7, 11) is 0. The Balaban J connectivity index is 1.96. The molecular formula is C18H16O4. The summed E-state index contributed by atoms with van der Waals surface area (Å²) >= 11 is 0. The zero-order valence-corrected chi connectivity index (χ0v) is 12.0. The lowest BCUT2D eigenvalue weighted by Gasteiger charge is -2.07. The maximum atomic E-state index is 12.0. The van der Waals surface area contributed by atoms with Crippen LogP contribution in [-0.2, 0) is 0 Å². The third-order valence-electron chi connectivity index (χ3n) is 2.91. The quantitative estimate of drug-likeness (QED) is 0.257. The Hall–Kier alpha value is -2.88. The summed E-state index contributed by atoms with van der Waals surface area (Å²) in [6.45, 7) is 4.17. The Bertz CT molecular complexity index is 642. The molecule has 0 spiro atoms. The van der Waals surface area contributed by atoms with Crippen molar-refractivity contribution in [1.29, 1.82) is 0 Å². The van der Waals surface area contributed by atoms with Crippen LogP contribution in [-0.4, -0.2) is 18.9 Å². The van der Waals surface area contributed by atoms with E-state index in [1.54, 1.807) is 54.6 Å². The predicted octanol–water partition coefficient (Wildman–Crippen LogP) is 3.67. The topological polar surface area (TPSA) is 52.6 Å². The van der Waals surface area contributed by atoms with Gasteiger partial charge in [0.2, 0.25) is 0 Å². The number of carbonyl (C=O) groups excluding carboxylic acids is 2. The van der Waals surface area contributed by atoms with Gasteiger partial charge in [0.1, 0.15) is 17.8 Å². The van der Waals surface area contributed by atoms with E-state index in [1.165, 1.54) is 0 Å². The van der Waals surface area contributed by atoms with E-state index in [9.17, 15) is 9.59 Å². The minimum atomic E-state index is -0.462. The van der Waals surface area contributed by atoms with E-state index in [1.807, 2.05) is 0 Å². The smallest absolute Gasteiger partial charge is 0.343 e. The van der Waals surface area contributed by atoms with E-state index in [0.717, 1.165) is 12.7 Å². The zero-order chi connectivity index (χ0) is 15.8. The van der Waals surface area contributed by atoms with Gasteiger partial charge in [-0.1, -0.05) is 6.08 Å². The number of hydrogen-bond acceptors (Lipinski definition) is 4. The molecule has 22 heavy (non-hydrogen) atoms. The summed E-state index contributed by atoms with van der Waals surface area (Å²) in [6, 6.07) is 13.1. The van der Waals surface area contributed by atoms with Crippen LogP contribution < -0.4 is 9.47 Å². The summed E-state index contributed by atoms with van der Waals surface area (Å²) in [5.41, 5.74) is 0.955. The lowest BCUT2D eigenvalue weighted by Crippen LogP contribution is -2.08. The van der Waals surface area contributed by atoms with Crippen molar-refractivity contribution >= 4 is 12.3 Å². The molecular weight excluding hydrogens is 280 g/mol. The molecule has 2 aromatic rings. The van der Waals surface area contributed by atoms with E-state index in [0.29, 0.717) is 29.2 Å². The van der Waals surface area contributed by atoms with Crippen LogP contribution in [0.3, 0.4) is 0 Å². The fourth-order valence-electron chi connectivity index (χ4n) is 1.73. The normalized spacial score (nSPS) is 9.82. The van der Waals surface area contributed by atoms with Crippen molar-refractivity contribution in [3.8, 4) is 11.5 Å². The number of rotatable bonds is 7. The zero-order valence-electron chi connectivity index (χ0n) is 12.0. The number of aldehydes is 1. The first-order chi connectivity index (χ1) is 10.7. The van der Waals surface area contributed by atoms with Gasteiger partial charge in [-0.15, -0.1) is 6.58 Å². The predicted molar refractivity (Wildman–Crippen MR) is 83.5 cm³/mol. The minimum absolute atomic E-state index is 0.391. The largest absolute Gasteiger partial charge is 0.493 e. The first-order valence-electron chi connectivity index (χ1n) is 6.84. The molecule has 0 saturated heterocycles. The molecule has 0 aliphatic heterocycles. The van der Waals surface area contributed by atoms with Crippen molar-refractivity contribution in [2.24, 2.45) is 0 Å².